The van der Waals surface area contributed by atoms with E-state index >= 15 is 0 Å². The van der Waals surface area contributed by atoms with Gasteiger partial charge in [-0.3, -0.25) is 14.1 Å². The minimum Gasteiger partial charge on any atom is -0.371 e. The molecular weight excluding hydrogens is 555 g/mol. The van der Waals surface area contributed by atoms with Gasteiger partial charge in [0.2, 0.25) is 0 Å². The fourth-order valence-electron chi connectivity index (χ4n) is 4.42. The molecule has 0 unspecified atom stereocenters. The Morgan fingerprint density at radius 3 is 2.32 bits per heavy atom. The van der Waals surface area contributed by atoms with Crippen LogP contribution in [0.15, 0.2) is 65.8 Å². The van der Waals surface area contributed by atoms with Gasteiger partial charge in [0.05, 0.1) is 20.8 Å². The largest absolute Gasteiger partial charge is 0.371 e. The van der Waals surface area contributed by atoms with Gasteiger partial charge in [-0.25, -0.2) is 8.42 Å². The average molecular weight is 582 g/mol. The molecule has 1 fully saturated rings. The number of amides is 1. The van der Waals surface area contributed by atoms with E-state index < -0.39 is 10.0 Å². The van der Waals surface area contributed by atoms with Crippen molar-refractivity contribution in [3.8, 4) is 0 Å². The molecule has 11 heteroatoms. The van der Waals surface area contributed by atoms with E-state index in [0.717, 1.165) is 36.7 Å². The van der Waals surface area contributed by atoms with Crippen LogP contribution in [-0.4, -0.2) is 46.0 Å². The number of sulfonamides is 1. The molecule has 1 N–H and O–H groups in total. The van der Waals surface area contributed by atoms with E-state index in [1.165, 1.54) is 37.0 Å². The Bertz CT molecular complexity index is 1340. The summed E-state index contributed by atoms with van der Waals surface area (Å²) in [5.74, 6) is 0.226. The summed E-state index contributed by atoms with van der Waals surface area (Å²) in [7, 11) is -2.79. The van der Waals surface area contributed by atoms with Gasteiger partial charge in [0.1, 0.15) is 4.90 Å². The summed E-state index contributed by atoms with van der Waals surface area (Å²) in [6, 6.07) is 13.0. The number of carbonyl (C=O) groups is 1. The van der Waals surface area contributed by atoms with E-state index in [9.17, 15) is 13.2 Å². The van der Waals surface area contributed by atoms with Gasteiger partial charge in [0.25, 0.3) is 15.9 Å². The van der Waals surface area contributed by atoms with E-state index in [0.29, 0.717) is 18.0 Å². The van der Waals surface area contributed by atoms with Crippen LogP contribution in [0.5, 0.6) is 0 Å². The molecule has 0 radical (unpaired) electrons. The van der Waals surface area contributed by atoms with Crippen molar-refractivity contribution in [3.05, 3.63) is 81.6 Å². The summed E-state index contributed by atoms with van der Waals surface area (Å²) in [6.07, 6.45) is 6.58. The zero-order valence-electron chi connectivity index (χ0n) is 20.2. The fourth-order valence-corrected chi connectivity index (χ4v) is 7.01. The van der Waals surface area contributed by atoms with Gasteiger partial charge < -0.3 is 10.2 Å². The molecule has 1 amide bonds. The van der Waals surface area contributed by atoms with Crippen LogP contribution in [0.25, 0.3) is 0 Å². The quantitative estimate of drug-likeness (QED) is 0.358. The maximum atomic E-state index is 13.3. The maximum absolute atomic E-state index is 13.3. The van der Waals surface area contributed by atoms with E-state index in [1.807, 2.05) is 12.1 Å². The van der Waals surface area contributed by atoms with Gasteiger partial charge in [-0.1, -0.05) is 40.9 Å². The lowest BCUT2D eigenvalue weighted by Gasteiger charge is -2.33. The topological polar surface area (TPSA) is 82.6 Å². The van der Waals surface area contributed by atoms with Crippen LogP contribution in [0, 0.1) is 5.92 Å². The Morgan fingerprint density at radius 2 is 1.68 bits per heavy atom. The Morgan fingerprint density at radius 1 is 1.03 bits per heavy atom. The van der Waals surface area contributed by atoms with Gasteiger partial charge in [-0.2, -0.15) is 0 Å². The molecule has 1 aliphatic heterocycles. The molecule has 196 valence electrons. The second kappa shape index (κ2) is 11.9. The first kappa shape index (κ1) is 27.5. The number of halogens is 3. The van der Waals surface area contributed by atoms with Crippen molar-refractivity contribution in [3.63, 3.8) is 0 Å². The number of benzene rings is 2. The molecule has 0 spiro atoms. The molecule has 0 bridgehead atoms. The van der Waals surface area contributed by atoms with Gasteiger partial charge in [-0.05, 0) is 67.6 Å². The number of pyridine rings is 1. The van der Waals surface area contributed by atoms with Crippen molar-refractivity contribution in [2.75, 3.05) is 35.9 Å². The van der Waals surface area contributed by atoms with Crippen LogP contribution in [0.2, 0.25) is 15.1 Å². The third-order valence-electron chi connectivity index (χ3n) is 6.57. The van der Waals surface area contributed by atoms with Gasteiger partial charge in [-0.15, -0.1) is 0 Å². The molecule has 7 nitrogen and oxygen atoms in total. The van der Waals surface area contributed by atoms with Crippen LogP contribution in [-0.2, 0) is 10.0 Å². The van der Waals surface area contributed by atoms with Crippen LogP contribution in [0.3, 0.4) is 0 Å². The summed E-state index contributed by atoms with van der Waals surface area (Å²) in [4.78, 5) is 19.1. The lowest BCUT2D eigenvalue weighted by atomic mass is 9.93. The highest BCUT2D eigenvalue weighted by molar-refractivity contribution is 7.93. The smallest absolute Gasteiger partial charge is 0.267 e. The molecule has 1 saturated heterocycles. The fraction of sp³-hybridized carbons (Fsp3) is 0.308. The number of hydrogen-bond acceptors (Lipinski definition) is 5. The van der Waals surface area contributed by atoms with Crippen LogP contribution in [0.4, 0.5) is 11.4 Å². The average Bonchev–Trinajstić information content (AvgIpc) is 2.89. The van der Waals surface area contributed by atoms with Gasteiger partial charge in [0, 0.05) is 50.3 Å². The SMILES string of the molecule is CN(c1cc(C(=O)NCCC2CCN(c3ccncc3)CC2)ccc1Cl)S(=O)(=O)c1c(Cl)cccc1Cl. The van der Waals surface area contributed by atoms with Crippen LogP contribution < -0.4 is 14.5 Å². The van der Waals surface area contributed by atoms with Crippen LogP contribution in [0.1, 0.15) is 29.6 Å². The number of nitrogens with one attached hydrogen (secondary N) is 1. The van der Waals surface area contributed by atoms with Crippen molar-refractivity contribution >= 4 is 62.1 Å². The highest BCUT2D eigenvalue weighted by atomic mass is 35.5. The third-order valence-corrected chi connectivity index (χ3v) is 9.61. The number of hydrogen-bond donors (Lipinski definition) is 1. The number of rotatable bonds is 8. The lowest BCUT2D eigenvalue weighted by Crippen LogP contribution is -2.35. The molecule has 37 heavy (non-hydrogen) atoms. The Kier molecular flexibility index (Phi) is 8.85. The number of carbonyl (C=O) groups excluding carboxylic acids is 1. The zero-order chi connectivity index (χ0) is 26.6. The molecule has 0 atom stereocenters. The highest BCUT2D eigenvalue weighted by Crippen LogP contribution is 2.36. The van der Waals surface area contributed by atoms with E-state index in [4.69, 9.17) is 34.8 Å². The van der Waals surface area contributed by atoms with E-state index in [-0.39, 0.29) is 31.6 Å². The first-order chi connectivity index (χ1) is 17.7. The normalized spacial score (nSPS) is 14.4. The predicted molar refractivity (Wildman–Crippen MR) is 150 cm³/mol. The third kappa shape index (κ3) is 6.32. The molecule has 3 aromatic rings. The minimum absolute atomic E-state index is 0.00372. The summed E-state index contributed by atoms with van der Waals surface area (Å²) in [6.45, 7) is 2.47. The predicted octanol–water partition coefficient (Wildman–Crippen LogP) is 5.90. The summed E-state index contributed by atoms with van der Waals surface area (Å²) in [5.41, 5.74) is 1.64. The van der Waals surface area contributed by atoms with Gasteiger partial charge >= 0.3 is 0 Å². The maximum Gasteiger partial charge on any atom is 0.267 e. The van der Waals surface area contributed by atoms with Gasteiger partial charge in [0.15, 0.2) is 0 Å². The lowest BCUT2D eigenvalue weighted by molar-refractivity contribution is 0.0950. The number of anilines is 2. The molecule has 1 aliphatic rings. The Balaban J connectivity index is 1.37. The molecule has 2 heterocycles. The van der Waals surface area contributed by atoms with E-state index in [1.54, 1.807) is 24.5 Å². The monoisotopic (exact) mass is 580 g/mol. The molecule has 4 rings (SSSR count). The summed E-state index contributed by atoms with van der Waals surface area (Å²) < 4.78 is 27.5. The molecule has 1 aromatic heterocycles. The second-order valence-corrected chi connectivity index (χ2v) is 12.0. The first-order valence-electron chi connectivity index (χ1n) is 11.8. The van der Waals surface area contributed by atoms with E-state index in [2.05, 4.69) is 15.2 Å². The number of piperidine rings is 1. The zero-order valence-corrected chi connectivity index (χ0v) is 23.3. The molecular formula is C26H27Cl3N4O3S. The first-order valence-corrected chi connectivity index (χ1v) is 14.4. The summed E-state index contributed by atoms with van der Waals surface area (Å²) in [5, 5.41) is 3.11. The number of aromatic nitrogens is 1. The Hall–Kier alpha value is -2.52. The molecule has 2 aromatic carbocycles. The van der Waals surface area contributed by atoms with Crippen LogP contribution >= 0.6 is 34.8 Å². The van der Waals surface area contributed by atoms with Crippen molar-refractivity contribution in [2.45, 2.75) is 24.2 Å². The van der Waals surface area contributed by atoms with Crippen molar-refractivity contribution in [1.29, 1.82) is 0 Å². The van der Waals surface area contributed by atoms with Crippen molar-refractivity contribution in [1.82, 2.24) is 10.3 Å². The highest BCUT2D eigenvalue weighted by Gasteiger charge is 2.28. The Labute approximate surface area is 232 Å². The number of nitrogens with zero attached hydrogens (tertiary/aromatic N) is 3. The molecule has 0 aliphatic carbocycles. The molecule has 0 saturated carbocycles. The van der Waals surface area contributed by atoms with Crippen molar-refractivity contribution < 1.29 is 13.2 Å². The summed E-state index contributed by atoms with van der Waals surface area (Å²) >= 11 is 18.6. The minimum atomic E-state index is -4.13. The second-order valence-electron chi connectivity index (χ2n) is 8.87. The van der Waals surface area contributed by atoms with Crippen molar-refractivity contribution in [2.24, 2.45) is 5.92 Å². The standard InChI is InChI=1S/C26H27Cl3N4O3S/c1-32(37(35,36)25-22(28)3-2-4-23(25)29)24-17-19(5-6-21(24)27)26(34)31-14-7-18-10-15-33(16-11-18)20-8-12-30-13-9-20/h2-6,8-9,12-13,17-18H,7,10-11,14-16H2,1H3,(H,31,34).